The van der Waals surface area contributed by atoms with Crippen LogP contribution in [0.1, 0.15) is 5.56 Å². The minimum Gasteiger partial charge on any atom is -0.383 e. The highest BCUT2D eigenvalue weighted by atomic mass is 32.1. The number of aryl methyl sites for hydroxylation is 1. The number of nitrogens with zero attached hydrogens (tertiary/aromatic N) is 1. The predicted octanol–water partition coefficient (Wildman–Crippen LogP) is 3.85. The molecular formula is C14H12N2S. The summed E-state index contributed by atoms with van der Waals surface area (Å²) >= 11 is 1.71. The van der Waals surface area contributed by atoms with E-state index >= 15 is 0 Å². The van der Waals surface area contributed by atoms with Gasteiger partial charge in [-0.1, -0.05) is 29.8 Å². The van der Waals surface area contributed by atoms with E-state index in [0.29, 0.717) is 5.82 Å². The van der Waals surface area contributed by atoms with Gasteiger partial charge in [0.2, 0.25) is 0 Å². The third-order valence-electron chi connectivity index (χ3n) is 2.88. The monoisotopic (exact) mass is 240 g/mol. The lowest BCUT2D eigenvalue weighted by molar-refractivity contribution is 1.37. The fourth-order valence-electron chi connectivity index (χ4n) is 1.96. The molecule has 2 N–H and O–H groups in total. The van der Waals surface area contributed by atoms with Gasteiger partial charge in [-0.3, -0.25) is 0 Å². The Hall–Kier alpha value is -1.87. The second-order valence-corrected chi connectivity index (χ2v) is 5.00. The average molecular weight is 240 g/mol. The summed E-state index contributed by atoms with van der Waals surface area (Å²) in [5.74, 6) is 0.610. The highest BCUT2D eigenvalue weighted by Crippen LogP contribution is 2.36. The Morgan fingerprint density at radius 3 is 2.65 bits per heavy atom. The number of nitrogens with two attached hydrogens (primary N) is 1. The van der Waals surface area contributed by atoms with E-state index in [9.17, 15) is 0 Å². The maximum absolute atomic E-state index is 5.96. The summed E-state index contributed by atoms with van der Waals surface area (Å²) < 4.78 is 1.19. The zero-order valence-corrected chi connectivity index (χ0v) is 10.3. The standard InChI is InChI=1S/C14H12N2S/c1-9-2-4-10(5-3-9)11-8-17-12-6-7-16-14(15)13(11)12/h2-8H,1H3,(H2,15,16). The van der Waals surface area contributed by atoms with Crippen molar-refractivity contribution in [2.45, 2.75) is 6.92 Å². The molecule has 0 saturated carbocycles. The Kier molecular flexibility index (Phi) is 2.34. The van der Waals surface area contributed by atoms with Gasteiger partial charge < -0.3 is 5.73 Å². The van der Waals surface area contributed by atoms with E-state index in [1.165, 1.54) is 21.4 Å². The predicted molar refractivity (Wildman–Crippen MR) is 74.2 cm³/mol. The molecule has 0 spiro atoms. The second-order valence-electron chi connectivity index (χ2n) is 4.08. The number of pyridine rings is 1. The van der Waals surface area contributed by atoms with Crippen LogP contribution in [0.3, 0.4) is 0 Å². The first-order chi connectivity index (χ1) is 8.25. The maximum atomic E-state index is 5.96. The van der Waals surface area contributed by atoms with Crippen molar-refractivity contribution in [1.29, 1.82) is 0 Å². The van der Waals surface area contributed by atoms with Gasteiger partial charge in [0.15, 0.2) is 0 Å². The number of anilines is 1. The summed E-state index contributed by atoms with van der Waals surface area (Å²) in [6, 6.07) is 10.5. The molecular weight excluding hydrogens is 228 g/mol. The number of hydrogen-bond donors (Lipinski definition) is 1. The van der Waals surface area contributed by atoms with Crippen molar-refractivity contribution in [1.82, 2.24) is 4.98 Å². The van der Waals surface area contributed by atoms with E-state index in [1.807, 2.05) is 6.07 Å². The van der Waals surface area contributed by atoms with Crippen molar-refractivity contribution >= 4 is 27.2 Å². The van der Waals surface area contributed by atoms with Crippen molar-refractivity contribution in [3.05, 3.63) is 47.5 Å². The Morgan fingerprint density at radius 1 is 1.12 bits per heavy atom. The van der Waals surface area contributed by atoms with Gasteiger partial charge >= 0.3 is 0 Å². The third kappa shape index (κ3) is 1.68. The molecule has 2 aromatic heterocycles. The Bertz CT molecular complexity index is 668. The highest BCUT2D eigenvalue weighted by Gasteiger charge is 2.09. The van der Waals surface area contributed by atoms with Crippen LogP contribution in [0.2, 0.25) is 0 Å². The second kappa shape index (κ2) is 3.86. The molecule has 17 heavy (non-hydrogen) atoms. The zero-order valence-electron chi connectivity index (χ0n) is 9.47. The molecule has 3 heteroatoms. The van der Waals surface area contributed by atoms with Crippen molar-refractivity contribution in [2.75, 3.05) is 5.73 Å². The molecule has 84 valence electrons. The quantitative estimate of drug-likeness (QED) is 0.701. The van der Waals surface area contributed by atoms with Gasteiger partial charge in [-0.25, -0.2) is 4.98 Å². The number of nitrogen functional groups attached to an aromatic ring is 1. The van der Waals surface area contributed by atoms with Gasteiger partial charge in [-0.05, 0) is 23.9 Å². The minimum atomic E-state index is 0.610. The lowest BCUT2D eigenvalue weighted by Crippen LogP contribution is -1.90. The highest BCUT2D eigenvalue weighted by molar-refractivity contribution is 7.17. The third-order valence-corrected chi connectivity index (χ3v) is 3.83. The topological polar surface area (TPSA) is 38.9 Å². The van der Waals surface area contributed by atoms with Crippen LogP contribution in [0.25, 0.3) is 21.2 Å². The summed E-state index contributed by atoms with van der Waals surface area (Å²) in [5.41, 5.74) is 9.60. The minimum absolute atomic E-state index is 0.610. The molecule has 3 rings (SSSR count). The first kappa shape index (κ1) is 10.3. The molecule has 1 aromatic carbocycles. The first-order valence-electron chi connectivity index (χ1n) is 5.44. The Morgan fingerprint density at radius 2 is 1.88 bits per heavy atom. The number of rotatable bonds is 1. The van der Waals surface area contributed by atoms with Gasteiger partial charge in [0, 0.05) is 21.8 Å². The van der Waals surface area contributed by atoms with Crippen LogP contribution < -0.4 is 5.73 Å². The molecule has 0 saturated heterocycles. The molecule has 0 unspecified atom stereocenters. The van der Waals surface area contributed by atoms with Crippen LogP contribution in [0.5, 0.6) is 0 Å². The average Bonchev–Trinajstić information content (AvgIpc) is 2.75. The maximum Gasteiger partial charge on any atom is 0.132 e. The molecule has 0 fully saturated rings. The molecule has 2 heterocycles. The molecule has 0 radical (unpaired) electrons. The van der Waals surface area contributed by atoms with E-state index in [1.54, 1.807) is 17.5 Å². The van der Waals surface area contributed by atoms with Gasteiger partial charge in [0.05, 0.1) is 0 Å². The summed E-state index contributed by atoms with van der Waals surface area (Å²) in [7, 11) is 0. The SMILES string of the molecule is Cc1ccc(-c2csc3ccnc(N)c23)cc1. The van der Waals surface area contributed by atoms with E-state index in [4.69, 9.17) is 5.73 Å². The van der Waals surface area contributed by atoms with Gasteiger partial charge in [0.1, 0.15) is 5.82 Å². The number of hydrogen-bond acceptors (Lipinski definition) is 3. The summed E-state index contributed by atoms with van der Waals surface area (Å²) in [5, 5.41) is 3.22. The van der Waals surface area contributed by atoms with Crippen LogP contribution in [0.4, 0.5) is 5.82 Å². The van der Waals surface area contributed by atoms with Crippen LogP contribution in [0.15, 0.2) is 41.9 Å². The molecule has 0 aliphatic rings. The molecule has 0 bridgehead atoms. The zero-order chi connectivity index (χ0) is 11.8. The molecule has 0 amide bonds. The summed E-state index contributed by atoms with van der Waals surface area (Å²) in [6.07, 6.45) is 1.76. The number of thiophene rings is 1. The fourth-order valence-corrected chi connectivity index (χ4v) is 2.93. The van der Waals surface area contributed by atoms with E-state index < -0.39 is 0 Å². The van der Waals surface area contributed by atoms with Crippen molar-refractivity contribution < 1.29 is 0 Å². The van der Waals surface area contributed by atoms with Gasteiger partial charge in [0.25, 0.3) is 0 Å². The number of fused-ring (bicyclic) bond motifs is 1. The van der Waals surface area contributed by atoms with Crippen LogP contribution in [-0.2, 0) is 0 Å². The van der Waals surface area contributed by atoms with Crippen LogP contribution in [-0.4, -0.2) is 4.98 Å². The summed E-state index contributed by atoms with van der Waals surface area (Å²) in [6.45, 7) is 2.09. The van der Waals surface area contributed by atoms with Gasteiger partial charge in [-0.2, -0.15) is 0 Å². The van der Waals surface area contributed by atoms with Crippen LogP contribution in [0, 0.1) is 6.92 Å². The molecule has 3 aromatic rings. The smallest absolute Gasteiger partial charge is 0.132 e. The number of aromatic nitrogens is 1. The van der Waals surface area contributed by atoms with E-state index in [0.717, 1.165) is 5.39 Å². The van der Waals surface area contributed by atoms with E-state index in [-0.39, 0.29) is 0 Å². The van der Waals surface area contributed by atoms with Crippen molar-refractivity contribution in [3.63, 3.8) is 0 Å². The largest absolute Gasteiger partial charge is 0.383 e. The molecule has 0 aliphatic carbocycles. The Labute approximate surface area is 104 Å². The lowest BCUT2D eigenvalue weighted by atomic mass is 10.0. The Balaban J connectivity index is 2.27. The van der Waals surface area contributed by atoms with Gasteiger partial charge in [-0.15, -0.1) is 11.3 Å². The molecule has 2 nitrogen and oxygen atoms in total. The van der Waals surface area contributed by atoms with Crippen molar-refractivity contribution in [3.8, 4) is 11.1 Å². The first-order valence-corrected chi connectivity index (χ1v) is 6.32. The van der Waals surface area contributed by atoms with Crippen LogP contribution >= 0.6 is 11.3 Å². The molecule has 0 atom stereocenters. The normalized spacial score (nSPS) is 10.9. The lowest BCUT2D eigenvalue weighted by Gasteiger charge is -2.02. The van der Waals surface area contributed by atoms with E-state index in [2.05, 4.69) is 41.6 Å². The number of benzene rings is 1. The molecule has 0 aliphatic heterocycles. The summed E-state index contributed by atoms with van der Waals surface area (Å²) in [4.78, 5) is 4.17. The van der Waals surface area contributed by atoms with Crippen molar-refractivity contribution in [2.24, 2.45) is 0 Å². The fraction of sp³-hybridized carbons (Fsp3) is 0.0714.